The Labute approximate surface area is 155 Å². The second kappa shape index (κ2) is 7.02. The highest BCUT2D eigenvalue weighted by Gasteiger charge is 2.47. The Hall–Kier alpha value is -1.89. The van der Waals surface area contributed by atoms with Gasteiger partial charge in [-0.15, -0.1) is 0 Å². The zero-order chi connectivity index (χ0) is 19.1. The van der Waals surface area contributed by atoms with E-state index in [1.54, 1.807) is 0 Å². The monoisotopic (exact) mass is 362 g/mol. The first-order valence-corrected chi connectivity index (χ1v) is 9.44. The summed E-state index contributed by atoms with van der Waals surface area (Å²) in [4.78, 5) is 27.9. The number of nitrogens with zero attached hydrogens (tertiary/aromatic N) is 4. The number of aryl methyl sites for hydroxylation is 2. The third-order valence-corrected chi connectivity index (χ3v) is 6.49. The van der Waals surface area contributed by atoms with Crippen molar-refractivity contribution in [3.05, 3.63) is 17.0 Å². The number of carbonyl (C=O) groups excluding carboxylic acids is 1. The molecule has 2 saturated heterocycles. The Morgan fingerprint density at radius 2 is 1.88 bits per heavy atom. The van der Waals surface area contributed by atoms with Crippen molar-refractivity contribution in [1.29, 1.82) is 0 Å². The zero-order valence-corrected chi connectivity index (χ0v) is 16.3. The normalized spacial score (nSPS) is 22.9. The van der Waals surface area contributed by atoms with Gasteiger partial charge in [0.15, 0.2) is 0 Å². The van der Waals surface area contributed by atoms with Gasteiger partial charge in [0, 0.05) is 38.3 Å². The average molecular weight is 362 g/mol. The van der Waals surface area contributed by atoms with E-state index in [4.69, 9.17) is 0 Å². The molecule has 1 amide bonds. The molecular formula is C19H30N4O3. The van der Waals surface area contributed by atoms with Crippen molar-refractivity contribution in [1.82, 2.24) is 19.6 Å². The molecule has 7 heteroatoms. The third-order valence-electron chi connectivity index (χ3n) is 6.49. The first kappa shape index (κ1) is 18.9. The number of hydrogen-bond acceptors (Lipinski definition) is 4. The van der Waals surface area contributed by atoms with Gasteiger partial charge in [-0.05, 0) is 58.1 Å². The molecular weight excluding hydrogens is 332 g/mol. The summed E-state index contributed by atoms with van der Waals surface area (Å²) in [5, 5.41) is 13.8. The smallest absolute Gasteiger partial charge is 0.320 e. The molecule has 0 radical (unpaired) electrons. The van der Waals surface area contributed by atoms with Crippen LogP contribution in [0.4, 0.5) is 0 Å². The minimum atomic E-state index is -0.733. The minimum Gasteiger partial charge on any atom is -0.480 e. The fourth-order valence-electron chi connectivity index (χ4n) is 4.50. The van der Waals surface area contributed by atoms with Gasteiger partial charge in [-0.3, -0.25) is 19.2 Å². The standard InChI is InChI=1S/C19H30N4O3/c1-13-14(2)20-23(15(13)3)8-5-17(24)22-9-6-19(7-10-22)11-16(18(25)26)21(4)12-19/h16H,5-12H2,1-4H3,(H,25,26)/t16-/m1/s1. The first-order chi connectivity index (χ1) is 12.2. The van der Waals surface area contributed by atoms with Crippen LogP contribution in [0.3, 0.4) is 0 Å². The van der Waals surface area contributed by atoms with Crippen molar-refractivity contribution in [2.24, 2.45) is 5.41 Å². The fourth-order valence-corrected chi connectivity index (χ4v) is 4.50. The van der Waals surface area contributed by atoms with Crippen molar-refractivity contribution >= 4 is 11.9 Å². The van der Waals surface area contributed by atoms with Crippen LogP contribution in [-0.4, -0.2) is 69.3 Å². The van der Waals surface area contributed by atoms with Crippen LogP contribution in [0.5, 0.6) is 0 Å². The summed E-state index contributed by atoms with van der Waals surface area (Å²) in [5.41, 5.74) is 3.40. The highest BCUT2D eigenvalue weighted by molar-refractivity contribution is 5.76. The van der Waals surface area contributed by atoms with E-state index >= 15 is 0 Å². The second-order valence-corrected chi connectivity index (χ2v) is 8.12. The van der Waals surface area contributed by atoms with Gasteiger partial charge in [-0.2, -0.15) is 5.10 Å². The number of aromatic nitrogens is 2. The van der Waals surface area contributed by atoms with Gasteiger partial charge < -0.3 is 10.0 Å². The molecule has 1 atom stereocenters. The summed E-state index contributed by atoms with van der Waals surface area (Å²) in [6.07, 6.45) is 2.95. The summed E-state index contributed by atoms with van der Waals surface area (Å²) in [6, 6.07) is -0.383. The maximum atomic E-state index is 12.6. The van der Waals surface area contributed by atoms with Gasteiger partial charge in [0.25, 0.3) is 0 Å². The number of hydrogen-bond donors (Lipinski definition) is 1. The molecule has 3 heterocycles. The van der Waals surface area contributed by atoms with E-state index in [1.807, 2.05) is 35.4 Å². The number of likely N-dealkylation sites (N-methyl/N-ethyl adjacent to an activating group) is 1. The molecule has 26 heavy (non-hydrogen) atoms. The van der Waals surface area contributed by atoms with Crippen LogP contribution in [0.15, 0.2) is 0 Å². The van der Waals surface area contributed by atoms with E-state index in [9.17, 15) is 14.7 Å². The Morgan fingerprint density at radius 1 is 1.23 bits per heavy atom. The number of amides is 1. The van der Waals surface area contributed by atoms with Gasteiger partial charge in [-0.25, -0.2) is 0 Å². The van der Waals surface area contributed by atoms with Crippen molar-refractivity contribution in [3.63, 3.8) is 0 Å². The molecule has 1 aromatic rings. The molecule has 1 aromatic heterocycles. The summed E-state index contributed by atoms with van der Waals surface area (Å²) in [6.45, 7) is 8.99. The van der Waals surface area contributed by atoms with E-state index in [0.29, 0.717) is 19.4 Å². The number of carboxylic acid groups (broad SMARTS) is 1. The number of carbonyl (C=O) groups is 2. The van der Waals surface area contributed by atoms with Crippen molar-refractivity contribution < 1.29 is 14.7 Å². The number of carboxylic acids is 1. The number of rotatable bonds is 4. The number of piperidine rings is 1. The van der Waals surface area contributed by atoms with Crippen LogP contribution in [-0.2, 0) is 16.1 Å². The van der Waals surface area contributed by atoms with Gasteiger partial charge in [0.2, 0.25) is 5.91 Å². The average Bonchev–Trinajstić information content (AvgIpc) is 3.05. The Kier molecular flexibility index (Phi) is 5.10. The van der Waals surface area contributed by atoms with Crippen LogP contribution in [0, 0.1) is 26.2 Å². The SMILES string of the molecule is Cc1nn(CCC(=O)N2CCC3(CC2)C[C@H](C(=O)O)N(C)C3)c(C)c1C. The van der Waals surface area contributed by atoms with Gasteiger partial charge in [0.1, 0.15) is 6.04 Å². The molecule has 0 saturated carbocycles. The van der Waals surface area contributed by atoms with Gasteiger partial charge in [0.05, 0.1) is 5.69 Å². The molecule has 1 N–H and O–H groups in total. The Bertz CT molecular complexity index is 704. The lowest BCUT2D eigenvalue weighted by atomic mass is 9.76. The molecule has 0 aromatic carbocycles. The molecule has 0 aliphatic carbocycles. The van der Waals surface area contributed by atoms with E-state index in [0.717, 1.165) is 43.9 Å². The number of likely N-dealkylation sites (tertiary alicyclic amines) is 2. The quantitative estimate of drug-likeness (QED) is 0.880. The summed E-state index contributed by atoms with van der Waals surface area (Å²) in [7, 11) is 1.89. The maximum absolute atomic E-state index is 12.6. The topological polar surface area (TPSA) is 78.7 Å². The van der Waals surface area contributed by atoms with Crippen molar-refractivity contribution in [2.45, 2.75) is 59.0 Å². The van der Waals surface area contributed by atoms with Crippen LogP contribution in [0.1, 0.15) is 42.6 Å². The lowest BCUT2D eigenvalue weighted by Gasteiger charge is -2.39. The highest BCUT2D eigenvalue weighted by Crippen LogP contribution is 2.42. The third kappa shape index (κ3) is 3.49. The summed E-state index contributed by atoms with van der Waals surface area (Å²) >= 11 is 0. The van der Waals surface area contributed by atoms with Crippen LogP contribution in [0.25, 0.3) is 0 Å². The molecule has 144 valence electrons. The summed E-state index contributed by atoms with van der Waals surface area (Å²) in [5.74, 6) is -0.561. The first-order valence-electron chi connectivity index (χ1n) is 9.44. The van der Waals surface area contributed by atoms with E-state index in [-0.39, 0.29) is 17.4 Å². The fraction of sp³-hybridized carbons (Fsp3) is 0.737. The molecule has 2 aliphatic heterocycles. The van der Waals surface area contributed by atoms with Crippen LogP contribution in [0.2, 0.25) is 0 Å². The van der Waals surface area contributed by atoms with E-state index in [1.165, 1.54) is 5.56 Å². The Morgan fingerprint density at radius 3 is 2.38 bits per heavy atom. The van der Waals surface area contributed by atoms with E-state index < -0.39 is 5.97 Å². The number of aliphatic carboxylic acids is 1. The van der Waals surface area contributed by atoms with E-state index in [2.05, 4.69) is 12.0 Å². The largest absolute Gasteiger partial charge is 0.480 e. The predicted octanol–water partition coefficient (Wildman–Crippen LogP) is 1.60. The molecule has 2 fully saturated rings. The van der Waals surface area contributed by atoms with Crippen molar-refractivity contribution in [3.8, 4) is 0 Å². The highest BCUT2D eigenvalue weighted by atomic mass is 16.4. The van der Waals surface area contributed by atoms with Crippen LogP contribution < -0.4 is 0 Å². The maximum Gasteiger partial charge on any atom is 0.320 e. The lowest BCUT2D eigenvalue weighted by Crippen LogP contribution is -2.44. The summed E-state index contributed by atoms with van der Waals surface area (Å²) < 4.78 is 1.93. The zero-order valence-electron chi connectivity index (χ0n) is 16.3. The Balaban J connectivity index is 1.52. The lowest BCUT2D eigenvalue weighted by molar-refractivity contribution is -0.142. The van der Waals surface area contributed by atoms with Gasteiger partial charge >= 0.3 is 5.97 Å². The van der Waals surface area contributed by atoms with Crippen LogP contribution >= 0.6 is 0 Å². The molecule has 2 aliphatic rings. The molecule has 0 unspecified atom stereocenters. The molecule has 7 nitrogen and oxygen atoms in total. The minimum absolute atomic E-state index is 0.0569. The predicted molar refractivity (Wildman–Crippen MR) is 98.0 cm³/mol. The van der Waals surface area contributed by atoms with Gasteiger partial charge in [-0.1, -0.05) is 0 Å². The molecule has 1 spiro atoms. The molecule has 3 rings (SSSR count). The molecule has 0 bridgehead atoms. The second-order valence-electron chi connectivity index (χ2n) is 8.12. The van der Waals surface area contributed by atoms with Crippen molar-refractivity contribution in [2.75, 3.05) is 26.7 Å².